The summed E-state index contributed by atoms with van der Waals surface area (Å²) >= 11 is 0. The quantitative estimate of drug-likeness (QED) is 0.867. The maximum absolute atomic E-state index is 12.4. The van der Waals surface area contributed by atoms with Crippen molar-refractivity contribution in [3.05, 3.63) is 29.8 Å². The number of carbonyl (C=O) groups is 1. The minimum Gasteiger partial charge on any atom is -0.388 e. The van der Waals surface area contributed by atoms with Crippen molar-refractivity contribution >= 4 is 15.7 Å². The van der Waals surface area contributed by atoms with Gasteiger partial charge in [-0.15, -0.1) is 0 Å². The van der Waals surface area contributed by atoms with Gasteiger partial charge in [0.05, 0.1) is 27.4 Å². The van der Waals surface area contributed by atoms with E-state index < -0.39 is 26.9 Å². The predicted molar refractivity (Wildman–Crippen MR) is 82.0 cm³/mol. The molecule has 0 saturated heterocycles. The Hall–Kier alpha value is -1.40. The fourth-order valence-electron chi connectivity index (χ4n) is 1.59. The predicted octanol–water partition coefficient (Wildman–Crippen LogP) is 1.76. The van der Waals surface area contributed by atoms with Crippen LogP contribution in [0.25, 0.3) is 0 Å². The third-order valence-electron chi connectivity index (χ3n) is 3.80. The normalized spacial score (nSPS) is 13.0. The SMILES string of the molecule is CCS(=O)(=O)c1ccccc1C(=O)NC(C)(C)C(C)(C)O. The van der Waals surface area contributed by atoms with Crippen molar-refractivity contribution in [3.8, 4) is 0 Å². The van der Waals surface area contributed by atoms with E-state index in [1.165, 1.54) is 19.1 Å². The molecule has 118 valence electrons. The van der Waals surface area contributed by atoms with E-state index in [0.29, 0.717) is 0 Å². The molecule has 21 heavy (non-hydrogen) atoms. The molecule has 1 amide bonds. The van der Waals surface area contributed by atoms with Crippen molar-refractivity contribution in [1.82, 2.24) is 5.32 Å². The highest BCUT2D eigenvalue weighted by molar-refractivity contribution is 7.91. The first kappa shape index (κ1) is 17.7. The number of carbonyl (C=O) groups excluding carboxylic acids is 1. The topological polar surface area (TPSA) is 83.5 Å². The van der Waals surface area contributed by atoms with Crippen LogP contribution in [-0.2, 0) is 9.84 Å². The van der Waals surface area contributed by atoms with E-state index in [1.54, 1.807) is 39.8 Å². The van der Waals surface area contributed by atoms with Crippen LogP contribution in [0.15, 0.2) is 29.2 Å². The summed E-state index contributed by atoms with van der Waals surface area (Å²) in [6, 6.07) is 6.09. The van der Waals surface area contributed by atoms with Crippen molar-refractivity contribution < 1.29 is 18.3 Å². The zero-order chi connectivity index (χ0) is 16.5. The van der Waals surface area contributed by atoms with Gasteiger partial charge in [0.15, 0.2) is 9.84 Å². The number of amides is 1. The van der Waals surface area contributed by atoms with Crippen molar-refractivity contribution in [2.75, 3.05) is 5.75 Å². The molecule has 0 radical (unpaired) electrons. The first-order valence-electron chi connectivity index (χ1n) is 6.79. The summed E-state index contributed by atoms with van der Waals surface area (Å²) in [4.78, 5) is 12.4. The molecule has 5 nitrogen and oxygen atoms in total. The van der Waals surface area contributed by atoms with Crippen LogP contribution < -0.4 is 5.32 Å². The Bertz CT molecular complexity index is 627. The van der Waals surface area contributed by atoms with E-state index in [1.807, 2.05) is 0 Å². The van der Waals surface area contributed by atoms with Crippen molar-refractivity contribution in [1.29, 1.82) is 0 Å². The lowest BCUT2D eigenvalue weighted by molar-refractivity contribution is -0.00298. The average molecular weight is 313 g/mol. The third kappa shape index (κ3) is 3.83. The second-order valence-electron chi connectivity index (χ2n) is 6.04. The Morgan fingerprint density at radius 1 is 1.19 bits per heavy atom. The van der Waals surface area contributed by atoms with Crippen LogP contribution >= 0.6 is 0 Å². The van der Waals surface area contributed by atoms with Crippen LogP contribution in [0, 0.1) is 0 Å². The van der Waals surface area contributed by atoms with E-state index >= 15 is 0 Å². The molecule has 1 aromatic carbocycles. The maximum atomic E-state index is 12.4. The Labute approximate surface area is 126 Å². The van der Waals surface area contributed by atoms with E-state index in [9.17, 15) is 18.3 Å². The van der Waals surface area contributed by atoms with Gasteiger partial charge in [0, 0.05) is 0 Å². The van der Waals surface area contributed by atoms with Crippen LogP contribution in [0.1, 0.15) is 45.0 Å². The summed E-state index contributed by atoms with van der Waals surface area (Å²) in [6.45, 7) is 8.07. The van der Waals surface area contributed by atoms with Crippen LogP contribution in [0.2, 0.25) is 0 Å². The van der Waals surface area contributed by atoms with Crippen LogP contribution in [0.3, 0.4) is 0 Å². The Balaban J connectivity index is 3.22. The smallest absolute Gasteiger partial charge is 0.253 e. The number of aliphatic hydroxyl groups is 1. The van der Waals surface area contributed by atoms with Gasteiger partial charge in [-0.1, -0.05) is 19.1 Å². The number of benzene rings is 1. The Morgan fingerprint density at radius 3 is 2.19 bits per heavy atom. The summed E-state index contributed by atoms with van der Waals surface area (Å²) in [5.41, 5.74) is -1.97. The van der Waals surface area contributed by atoms with Crippen molar-refractivity contribution in [2.24, 2.45) is 0 Å². The number of hydrogen-bond donors (Lipinski definition) is 2. The summed E-state index contributed by atoms with van der Waals surface area (Å²) < 4.78 is 24.1. The zero-order valence-corrected chi connectivity index (χ0v) is 13.9. The van der Waals surface area contributed by atoms with Gasteiger partial charge in [-0.3, -0.25) is 4.79 Å². The summed E-state index contributed by atoms with van der Waals surface area (Å²) in [5.74, 6) is -0.596. The number of rotatable bonds is 5. The molecule has 0 aliphatic heterocycles. The van der Waals surface area contributed by atoms with Crippen LogP contribution in [-0.4, -0.2) is 36.3 Å². The summed E-state index contributed by atoms with van der Waals surface area (Å²) in [5, 5.41) is 12.8. The Kier molecular flexibility index (Phi) is 4.85. The molecule has 0 bridgehead atoms. The highest BCUT2D eigenvalue weighted by Gasteiger charge is 2.37. The highest BCUT2D eigenvalue weighted by atomic mass is 32.2. The van der Waals surface area contributed by atoms with Crippen molar-refractivity contribution in [3.63, 3.8) is 0 Å². The van der Waals surface area contributed by atoms with Gasteiger partial charge in [-0.05, 0) is 39.8 Å². The largest absolute Gasteiger partial charge is 0.388 e. The van der Waals surface area contributed by atoms with E-state index in [-0.39, 0.29) is 16.2 Å². The first-order valence-corrected chi connectivity index (χ1v) is 8.44. The zero-order valence-electron chi connectivity index (χ0n) is 13.1. The number of nitrogens with one attached hydrogen (secondary N) is 1. The molecule has 0 aromatic heterocycles. The van der Waals surface area contributed by atoms with Gasteiger partial charge in [-0.25, -0.2) is 8.42 Å². The molecule has 0 saturated carbocycles. The molecule has 6 heteroatoms. The molecule has 1 rings (SSSR count). The monoisotopic (exact) mass is 313 g/mol. The summed E-state index contributed by atoms with van der Waals surface area (Å²) in [6.07, 6.45) is 0. The first-order chi connectivity index (χ1) is 9.42. The molecule has 0 aliphatic carbocycles. The van der Waals surface area contributed by atoms with Gasteiger partial charge < -0.3 is 10.4 Å². The average Bonchev–Trinajstić information content (AvgIpc) is 2.37. The molecule has 0 spiro atoms. The molecular formula is C15H23NO4S. The van der Waals surface area contributed by atoms with Gasteiger partial charge in [0.2, 0.25) is 0 Å². The molecule has 0 unspecified atom stereocenters. The van der Waals surface area contributed by atoms with E-state index in [2.05, 4.69) is 5.32 Å². The van der Waals surface area contributed by atoms with Crippen molar-refractivity contribution in [2.45, 2.75) is 50.7 Å². The molecule has 0 heterocycles. The molecule has 2 N–H and O–H groups in total. The van der Waals surface area contributed by atoms with Gasteiger partial charge in [0.25, 0.3) is 5.91 Å². The summed E-state index contributed by atoms with van der Waals surface area (Å²) in [7, 11) is -3.49. The van der Waals surface area contributed by atoms with Gasteiger partial charge in [0.1, 0.15) is 0 Å². The fraction of sp³-hybridized carbons (Fsp3) is 0.533. The van der Waals surface area contributed by atoms with Crippen LogP contribution in [0.4, 0.5) is 0 Å². The number of hydrogen-bond acceptors (Lipinski definition) is 4. The van der Waals surface area contributed by atoms with E-state index in [0.717, 1.165) is 0 Å². The van der Waals surface area contributed by atoms with Crippen LogP contribution in [0.5, 0.6) is 0 Å². The second-order valence-corrected chi connectivity index (χ2v) is 8.28. The molecule has 0 fully saturated rings. The third-order valence-corrected chi connectivity index (χ3v) is 5.59. The fourth-order valence-corrected chi connectivity index (χ4v) is 2.68. The Morgan fingerprint density at radius 2 is 1.71 bits per heavy atom. The van der Waals surface area contributed by atoms with Gasteiger partial charge in [-0.2, -0.15) is 0 Å². The maximum Gasteiger partial charge on any atom is 0.253 e. The number of sulfone groups is 1. The molecule has 1 aromatic rings. The highest BCUT2D eigenvalue weighted by Crippen LogP contribution is 2.23. The molecule has 0 aliphatic rings. The molecule has 0 atom stereocenters. The minimum absolute atomic E-state index is 0.0107. The standard InChI is InChI=1S/C15H23NO4S/c1-6-21(19,20)12-10-8-7-9-11(12)13(17)16-14(2,3)15(4,5)18/h7-10,18H,6H2,1-5H3,(H,16,17). The van der Waals surface area contributed by atoms with Gasteiger partial charge >= 0.3 is 0 Å². The lowest BCUT2D eigenvalue weighted by Gasteiger charge is -2.38. The second kappa shape index (κ2) is 5.77. The minimum atomic E-state index is -3.49. The lowest BCUT2D eigenvalue weighted by Crippen LogP contribution is -2.57. The van der Waals surface area contributed by atoms with E-state index in [4.69, 9.17) is 0 Å². The lowest BCUT2D eigenvalue weighted by atomic mass is 9.86. The molecular weight excluding hydrogens is 290 g/mol.